The Bertz CT molecular complexity index is 1350. The average molecular weight is 596 g/mol. The van der Waals surface area contributed by atoms with Gasteiger partial charge in [-0.3, -0.25) is 24.5 Å². The van der Waals surface area contributed by atoms with Crippen LogP contribution in [0.5, 0.6) is 0 Å². The normalized spacial score (nSPS) is 20.3. The summed E-state index contributed by atoms with van der Waals surface area (Å²) >= 11 is 3.20. The summed E-state index contributed by atoms with van der Waals surface area (Å²) in [5.41, 5.74) is -1.09. The van der Waals surface area contributed by atoms with Gasteiger partial charge in [-0.25, -0.2) is 8.78 Å². The molecule has 2 aliphatic rings. The van der Waals surface area contributed by atoms with E-state index in [-0.39, 0.29) is 26.7 Å². The van der Waals surface area contributed by atoms with Crippen molar-refractivity contribution in [2.75, 3.05) is 31.5 Å². The smallest absolute Gasteiger partial charge is 0.294 e. The van der Waals surface area contributed by atoms with E-state index < -0.39 is 53.0 Å². The maximum absolute atomic E-state index is 15.2. The molecule has 0 bridgehead atoms. The number of carbonyl (C=O) groups excluding carboxylic acids is 2. The Kier molecular flexibility index (Phi) is 7.34. The number of likely N-dealkylation sites (tertiary alicyclic amines) is 2. The van der Waals surface area contributed by atoms with Crippen LogP contribution in [0.4, 0.5) is 20.2 Å². The Hall–Kier alpha value is -3.35. The maximum Gasteiger partial charge on any atom is 0.294 e. The highest BCUT2D eigenvalue weighted by atomic mass is 79.9. The molecule has 38 heavy (non-hydrogen) atoms. The fraction of sp³-hybridized carbons (Fsp3) is 0.480. The molecule has 2 aromatic rings. The highest BCUT2D eigenvalue weighted by Gasteiger charge is 2.51. The zero-order valence-corrected chi connectivity index (χ0v) is 22.7. The molecule has 13 heteroatoms. The minimum absolute atomic E-state index is 0.0405. The van der Waals surface area contributed by atoms with Crippen LogP contribution in [0, 0.1) is 22.5 Å². The SMILES string of the molecule is Cc1cc(C(=O)N2C[C@H](Nc3c(C(=O)N4CCC(C)(C)CC4)cc(Br)cc3[N+](=O)[O-])C(F)(F)C2)cc(=O)[nH]1. The first-order valence-corrected chi connectivity index (χ1v) is 12.9. The molecule has 2 aliphatic heterocycles. The fourth-order valence-electron chi connectivity index (χ4n) is 4.79. The van der Waals surface area contributed by atoms with Gasteiger partial charge in [-0.2, -0.15) is 0 Å². The van der Waals surface area contributed by atoms with Gasteiger partial charge in [0.1, 0.15) is 11.7 Å². The molecule has 10 nitrogen and oxygen atoms in total. The number of anilines is 1. The number of hydrogen-bond donors (Lipinski definition) is 2. The van der Waals surface area contributed by atoms with Crippen LogP contribution in [0.15, 0.2) is 33.5 Å². The lowest BCUT2D eigenvalue weighted by molar-refractivity contribution is -0.384. The number of rotatable bonds is 5. The first-order valence-electron chi connectivity index (χ1n) is 12.1. The molecule has 0 aliphatic carbocycles. The Morgan fingerprint density at radius 1 is 1.13 bits per heavy atom. The van der Waals surface area contributed by atoms with Crippen LogP contribution in [0.25, 0.3) is 0 Å². The Morgan fingerprint density at radius 3 is 2.39 bits per heavy atom. The number of nitrogens with zero attached hydrogens (tertiary/aromatic N) is 3. The number of aromatic amines is 1. The van der Waals surface area contributed by atoms with Crippen LogP contribution in [0.3, 0.4) is 0 Å². The van der Waals surface area contributed by atoms with E-state index in [0.29, 0.717) is 18.8 Å². The van der Waals surface area contributed by atoms with Gasteiger partial charge in [0.15, 0.2) is 0 Å². The summed E-state index contributed by atoms with van der Waals surface area (Å²) in [4.78, 5) is 54.3. The number of aryl methyl sites for hydroxylation is 1. The number of aromatic nitrogens is 1. The summed E-state index contributed by atoms with van der Waals surface area (Å²) in [5, 5.41) is 14.5. The molecule has 1 atom stereocenters. The molecule has 3 heterocycles. The lowest BCUT2D eigenvalue weighted by Crippen LogP contribution is -2.42. The van der Waals surface area contributed by atoms with Crippen LogP contribution >= 0.6 is 15.9 Å². The number of nitrogens with one attached hydrogen (secondary N) is 2. The summed E-state index contributed by atoms with van der Waals surface area (Å²) in [6.45, 7) is 5.17. The molecule has 1 aromatic carbocycles. The Balaban J connectivity index is 1.65. The van der Waals surface area contributed by atoms with Gasteiger partial charge in [0.25, 0.3) is 23.4 Å². The number of piperidine rings is 1. The number of H-pyrrole nitrogens is 1. The van der Waals surface area contributed by atoms with Gasteiger partial charge in [-0.05, 0) is 37.3 Å². The number of hydrogen-bond acceptors (Lipinski definition) is 6. The second kappa shape index (κ2) is 10.1. The number of nitro benzene ring substituents is 1. The van der Waals surface area contributed by atoms with E-state index in [2.05, 4.69) is 40.1 Å². The zero-order valence-electron chi connectivity index (χ0n) is 21.1. The topological polar surface area (TPSA) is 129 Å². The van der Waals surface area contributed by atoms with Crippen molar-refractivity contribution in [2.45, 2.75) is 45.6 Å². The summed E-state index contributed by atoms with van der Waals surface area (Å²) < 4.78 is 30.6. The van der Waals surface area contributed by atoms with E-state index in [0.717, 1.165) is 29.9 Å². The second-order valence-corrected chi connectivity index (χ2v) is 11.5. The predicted molar refractivity (Wildman–Crippen MR) is 140 cm³/mol. The molecule has 2 saturated heterocycles. The molecule has 0 unspecified atom stereocenters. The van der Waals surface area contributed by atoms with Crippen molar-refractivity contribution in [3.05, 3.63) is 66.0 Å². The van der Waals surface area contributed by atoms with Gasteiger partial charge < -0.3 is 20.1 Å². The monoisotopic (exact) mass is 595 g/mol. The van der Waals surface area contributed by atoms with Gasteiger partial charge in [0.05, 0.1) is 17.0 Å². The summed E-state index contributed by atoms with van der Waals surface area (Å²) in [5.74, 6) is -4.73. The third-order valence-electron chi connectivity index (χ3n) is 7.06. The highest BCUT2D eigenvalue weighted by Crippen LogP contribution is 2.39. The van der Waals surface area contributed by atoms with Gasteiger partial charge in [-0.1, -0.05) is 29.8 Å². The maximum atomic E-state index is 15.2. The minimum atomic E-state index is -3.47. The molecule has 1 aromatic heterocycles. The molecule has 0 radical (unpaired) electrons. The molecule has 204 valence electrons. The van der Waals surface area contributed by atoms with E-state index in [9.17, 15) is 24.5 Å². The Labute approximate surface area is 225 Å². The number of benzene rings is 1. The van der Waals surface area contributed by atoms with Gasteiger partial charge in [0, 0.05) is 47.5 Å². The van der Waals surface area contributed by atoms with E-state index in [4.69, 9.17) is 0 Å². The lowest BCUT2D eigenvalue weighted by atomic mass is 9.82. The molecular weight excluding hydrogens is 568 g/mol. The van der Waals surface area contributed by atoms with Crippen LogP contribution in [-0.4, -0.2) is 69.7 Å². The molecule has 0 spiro atoms. The van der Waals surface area contributed by atoms with Crippen molar-refractivity contribution in [2.24, 2.45) is 5.41 Å². The Morgan fingerprint density at radius 2 is 1.79 bits per heavy atom. The first-order chi connectivity index (χ1) is 17.7. The van der Waals surface area contributed by atoms with Crippen LogP contribution < -0.4 is 10.9 Å². The summed E-state index contributed by atoms with van der Waals surface area (Å²) in [6, 6.07) is 3.24. The average Bonchev–Trinajstić information content (AvgIpc) is 3.12. The molecular formula is C25H28BrF2N5O5. The fourth-order valence-corrected chi connectivity index (χ4v) is 5.24. The number of pyridine rings is 1. The molecule has 4 rings (SSSR count). The molecule has 2 amide bonds. The largest absolute Gasteiger partial charge is 0.369 e. The number of amides is 2. The molecule has 2 fully saturated rings. The third kappa shape index (κ3) is 5.71. The number of carbonyl (C=O) groups is 2. The minimum Gasteiger partial charge on any atom is -0.369 e. The van der Waals surface area contributed by atoms with Crippen molar-refractivity contribution in [1.29, 1.82) is 0 Å². The second-order valence-electron chi connectivity index (χ2n) is 10.6. The lowest BCUT2D eigenvalue weighted by Gasteiger charge is -2.37. The molecule has 2 N–H and O–H groups in total. The van der Waals surface area contributed by atoms with Crippen molar-refractivity contribution in [3.8, 4) is 0 Å². The first kappa shape index (κ1) is 27.7. The van der Waals surface area contributed by atoms with Gasteiger partial charge >= 0.3 is 0 Å². The van der Waals surface area contributed by atoms with Crippen molar-refractivity contribution < 1.29 is 23.3 Å². The predicted octanol–water partition coefficient (Wildman–Crippen LogP) is 4.19. The van der Waals surface area contributed by atoms with Crippen LogP contribution in [0.2, 0.25) is 0 Å². The van der Waals surface area contributed by atoms with Gasteiger partial charge in [0.2, 0.25) is 5.56 Å². The zero-order chi connectivity index (χ0) is 28.0. The summed E-state index contributed by atoms with van der Waals surface area (Å²) in [6.07, 6.45) is 1.47. The van der Waals surface area contributed by atoms with E-state index in [1.807, 2.05) is 0 Å². The van der Waals surface area contributed by atoms with Crippen molar-refractivity contribution >= 4 is 39.1 Å². The van der Waals surface area contributed by atoms with E-state index in [1.54, 1.807) is 11.8 Å². The number of alkyl halides is 2. The number of nitro groups is 1. The van der Waals surface area contributed by atoms with Crippen LogP contribution in [0.1, 0.15) is 53.1 Å². The van der Waals surface area contributed by atoms with E-state index >= 15 is 8.78 Å². The number of halogens is 3. The standard InChI is InChI=1S/C25H28BrF2N5O5/c1-14-8-15(9-20(34)29-14)22(35)32-12-19(25(27,28)13-32)30-21-17(10-16(26)11-18(21)33(37)38)23(36)31-6-4-24(2,3)5-7-31/h8-11,19,30H,4-7,12-13H2,1-3H3,(H,29,34)/t19-/m0/s1. The molecule has 0 saturated carbocycles. The highest BCUT2D eigenvalue weighted by molar-refractivity contribution is 9.10. The van der Waals surface area contributed by atoms with Crippen molar-refractivity contribution in [1.82, 2.24) is 14.8 Å². The third-order valence-corrected chi connectivity index (χ3v) is 7.52. The van der Waals surface area contributed by atoms with E-state index in [1.165, 1.54) is 12.1 Å². The van der Waals surface area contributed by atoms with Crippen molar-refractivity contribution in [3.63, 3.8) is 0 Å². The van der Waals surface area contributed by atoms with Crippen LogP contribution in [-0.2, 0) is 0 Å². The summed E-state index contributed by atoms with van der Waals surface area (Å²) in [7, 11) is 0. The quantitative estimate of drug-likeness (QED) is 0.394. The van der Waals surface area contributed by atoms with Gasteiger partial charge in [-0.15, -0.1) is 0 Å².